The third kappa shape index (κ3) is 8.94. The molecule has 2 aliphatic rings. The molecule has 9 atom stereocenters. The van der Waals surface area contributed by atoms with Gasteiger partial charge in [-0.1, -0.05) is 68.5 Å². The minimum atomic E-state index is -3.94. The molecule has 4 heterocycles. The summed E-state index contributed by atoms with van der Waals surface area (Å²) in [4.78, 5) is 54.8. The predicted molar refractivity (Wildman–Crippen MR) is 208 cm³/mol. The number of aliphatic hydroxyl groups is 1. The summed E-state index contributed by atoms with van der Waals surface area (Å²) in [6.07, 6.45) is -1.82. The van der Waals surface area contributed by atoms with E-state index in [4.69, 9.17) is 22.9 Å². The average Bonchev–Trinajstić information content (AvgIpc) is 3.57. The van der Waals surface area contributed by atoms with Crippen LogP contribution in [0.4, 0.5) is 0 Å². The zero-order chi connectivity index (χ0) is 40.2. The Bertz CT molecular complexity index is 1930. The van der Waals surface area contributed by atoms with Crippen LogP contribution < -0.4 is 22.5 Å². The number of aryl methyl sites for hydroxylation is 2. The molecule has 2 saturated heterocycles. The van der Waals surface area contributed by atoms with Gasteiger partial charge in [-0.2, -0.15) is 0 Å². The molecular formula is C35H61N4O11PSi2. The van der Waals surface area contributed by atoms with Crippen LogP contribution in [0.1, 0.15) is 85.4 Å². The zero-order valence-corrected chi connectivity index (χ0v) is 36.7. The molecule has 0 saturated carbocycles. The highest BCUT2D eigenvalue weighted by Gasteiger charge is 2.56. The van der Waals surface area contributed by atoms with E-state index >= 15 is 0 Å². The van der Waals surface area contributed by atoms with E-state index in [0.29, 0.717) is 11.1 Å². The Hall–Kier alpha value is -2.22. The van der Waals surface area contributed by atoms with Gasteiger partial charge in [0.2, 0.25) is 0 Å². The third-order valence-corrected chi connectivity index (χ3v) is 24.0. The standard InChI is InChI=1S/C35H61N4O11PSi2/c1-15-51(45,46-19-24-23(50-53(13,14)35(8,9)10)16-25(47-24)38-17-20(2)28(40)36-32(38)43)49-26-22(4)30(39-18-21(3)29(41)37-33(39)44)48-27(26)31(42)52(11,12)34(5,6)7/h17-18,22-27,30-31,42H,15-16,19H2,1-14H3,(H,36,40,43)(H,37,41,44)/t22?,23-,24+,25+,26-,27-,30+,31?,51?/m0/s1. The van der Waals surface area contributed by atoms with Crippen LogP contribution >= 0.6 is 7.60 Å². The molecule has 15 nitrogen and oxygen atoms in total. The molecule has 3 N–H and O–H groups in total. The average molecular weight is 801 g/mol. The van der Waals surface area contributed by atoms with Gasteiger partial charge < -0.3 is 28.1 Å². The summed E-state index contributed by atoms with van der Waals surface area (Å²) in [5.41, 5.74) is -2.63. The van der Waals surface area contributed by atoms with Gasteiger partial charge in [0.05, 0.1) is 26.5 Å². The molecule has 2 aliphatic heterocycles. The number of nitrogens with zero attached hydrogens (tertiary/aromatic N) is 2. The van der Waals surface area contributed by atoms with E-state index in [1.54, 1.807) is 27.7 Å². The highest BCUT2D eigenvalue weighted by atomic mass is 31.2. The van der Waals surface area contributed by atoms with E-state index in [1.807, 2.05) is 13.1 Å². The largest absolute Gasteiger partial charge is 0.411 e. The maximum absolute atomic E-state index is 14.6. The van der Waals surface area contributed by atoms with E-state index in [-0.39, 0.29) is 29.3 Å². The summed E-state index contributed by atoms with van der Waals surface area (Å²) < 4.78 is 49.6. The molecule has 3 unspecified atom stereocenters. The van der Waals surface area contributed by atoms with Crippen LogP contribution in [-0.4, -0.2) is 83.5 Å². The van der Waals surface area contributed by atoms with Gasteiger partial charge in [-0.05, 0) is 37.0 Å². The van der Waals surface area contributed by atoms with Crippen molar-refractivity contribution >= 4 is 24.0 Å². The summed E-state index contributed by atoms with van der Waals surface area (Å²) in [5, 5.41) is 11.6. The molecule has 0 aromatic carbocycles. The first-order chi connectivity index (χ1) is 24.1. The number of hydrogen-bond donors (Lipinski definition) is 3. The fourth-order valence-electron chi connectivity index (χ4n) is 6.25. The lowest BCUT2D eigenvalue weighted by molar-refractivity contribution is -0.0645. The first kappa shape index (κ1) is 43.5. The Morgan fingerprint density at radius 3 is 1.96 bits per heavy atom. The second kappa shape index (κ2) is 15.4. The number of ether oxygens (including phenoxy) is 2. The van der Waals surface area contributed by atoms with Crippen molar-refractivity contribution in [2.24, 2.45) is 5.92 Å². The summed E-state index contributed by atoms with van der Waals surface area (Å²) in [7, 11) is -8.86. The van der Waals surface area contributed by atoms with Gasteiger partial charge in [-0.25, -0.2) is 9.59 Å². The van der Waals surface area contributed by atoms with E-state index in [9.17, 15) is 28.8 Å². The van der Waals surface area contributed by atoms with Crippen molar-refractivity contribution in [2.75, 3.05) is 12.8 Å². The van der Waals surface area contributed by atoms with Gasteiger partial charge in [-0.3, -0.25) is 33.3 Å². The number of nitrogens with one attached hydrogen (secondary N) is 2. The number of hydrogen-bond acceptors (Lipinski definition) is 11. The SMILES string of the molecule is CCP(=O)(OC[C@H]1O[C@@H](n2cc(C)c(=O)[nH]c2=O)C[C@@H]1O[Si](C)(C)C(C)(C)C)O[C@H]1C(C)[C@H](n2cc(C)c(=O)[nH]c2=O)O[C@@H]1C(O)[Si](C)(C)C(C)(C)C. The van der Waals surface area contributed by atoms with Crippen LogP contribution in [-0.2, 0) is 27.5 Å². The predicted octanol–water partition coefficient (Wildman–Crippen LogP) is 4.94. The summed E-state index contributed by atoms with van der Waals surface area (Å²) in [6.45, 7) is 27.3. The molecule has 53 heavy (non-hydrogen) atoms. The van der Waals surface area contributed by atoms with Crippen molar-refractivity contribution in [3.05, 3.63) is 65.2 Å². The van der Waals surface area contributed by atoms with Gasteiger partial charge in [-0.15, -0.1) is 0 Å². The normalized spacial score (nSPS) is 27.6. The monoisotopic (exact) mass is 800 g/mol. The maximum Gasteiger partial charge on any atom is 0.330 e. The van der Waals surface area contributed by atoms with Crippen LogP contribution in [0.15, 0.2) is 31.6 Å². The van der Waals surface area contributed by atoms with Crippen LogP contribution in [0, 0.1) is 19.8 Å². The second-order valence-corrected chi connectivity index (χ2v) is 30.4. The van der Waals surface area contributed by atoms with Gasteiger partial charge in [0.15, 0.2) is 8.32 Å². The number of H-pyrrole nitrogens is 2. The van der Waals surface area contributed by atoms with Crippen molar-refractivity contribution < 1.29 is 32.6 Å². The molecule has 2 aromatic heterocycles. The molecule has 0 radical (unpaired) electrons. The van der Waals surface area contributed by atoms with E-state index in [2.05, 4.69) is 64.6 Å². The Morgan fingerprint density at radius 2 is 1.45 bits per heavy atom. The van der Waals surface area contributed by atoms with Crippen LogP contribution in [0.5, 0.6) is 0 Å². The summed E-state index contributed by atoms with van der Waals surface area (Å²) in [6, 6.07) is 0. The number of rotatable bonds is 12. The van der Waals surface area contributed by atoms with Gasteiger partial charge in [0, 0.05) is 42.0 Å². The molecule has 0 spiro atoms. The van der Waals surface area contributed by atoms with Crippen LogP contribution in [0.25, 0.3) is 0 Å². The smallest absolute Gasteiger partial charge is 0.330 e. The Balaban J connectivity index is 1.67. The third-order valence-electron chi connectivity index (χ3n) is 12.0. The fraction of sp³-hybridized carbons (Fsp3) is 0.771. The summed E-state index contributed by atoms with van der Waals surface area (Å²) in [5.74, 6) is -0.608. The minimum absolute atomic E-state index is 0.0238. The molecule has 2 fully saturated rings. The molecule has 0 bridgehead atoms. The fourth-order valence-corrected chi connectivity index (χ4v) is 11.0. The minimum Gasteiger partial charge on any atom is -0.411 e. The van der Waals surface area contributed by atoms with Crippen molar-refractivity contribution in [1.82, 2.24) is 19.1 Å². The molecule has 2 aromatic rings. The first-order valence-electron chi connectivity index (χ1n) is 18.4. The highest BCUT2D eigenvalue weighted by molar-refractivity contribution is 7.53. The lowest BCUT2D eigenvalue weighted by Crippen LogP contribution is -2.57. The van der Waals surface area contributed by atoms with Crippen molar-refractivity contribution in [3.63, 3.8) is 0 Å². The Labute approximate surface area is 313 Å². The Morgan fingerprint density at radius 1 is 0.925 bits per heavy atom. The van der Waals surface area contributed by atoms with E-state index in [1.165, 1.54) is 21.5 Å². The van der Waals surface area contributed by atoms with Crippen LogP contribution in [0.3, 0.4) is 0 Å². The topological polar surface area (TPSA) is 193 Å². The molecule has 0 aliphatic carbocycles. The first-order valence-corrected chi connectivity index (χ1v) is 26.1. The lowest BCUT2D eigenvalue weighted by Gasteiger charge is -2.43. The van der Waals surface area contributed by atoms with Crippen molar-refractivity contribution in [3.8, 4) is 0 Å². The quantitative estimate of drug-likeness (QED) is 0.195. The number of aliphatic hydroxyl groups excluding tert-OH is 1. The van der Waals surface area contributed by atoms with E-state index < -0.39 is 95.0 Å². The Kier molecular flexibility index (Phi) is 12.6. The number of aromatic nitrogens is 4. The van der Waals surface area contributed by atoms with Gasteiger partial charge >= 0.3 is 19.0 Å². The lowest BCUT2D eigenvalue weighted by atomic mass is 10.0. The van der Waals surface area contributed by atoms with Crippen molar-refractivity contribution in [2.45, 2.75) is 155 Å². The molecule has 300 valence electrons. The second-order valence-electron chi connectivity index (χ2n) is 17.8. The molecule has 0 amide bonds. The van der Waals surface area contributed by atoms with Crippen molar-refractivity contribution in [1.29, 1.82) is 0 Å². The highest BCUT2D eigenvalue weighted by Crippen LogP contribution is 2.55. The molecular weight excluding hydrogens is 740 g/mol. The van der Waals surface area contributed by atoms with Gasteiger partial charge in [0.25, 0.3) is 11.1 Å². The zero-order valence-electron chi connectivity index (χ0n) is 33.8. The maximum atomic E-state index is 14.6. The number of aromatic amines is 2. The molecule has 18 heteroatoms. The van der Waals surface area contributed by atoms with Gasteiger partial charge in [0.1, 0.15) is 30.8 Å². The molecule has 4 rings (SSSR count). The summed E-state index contributed by atoms with van der Waals surface area (Å²) >= 11 is 0. The van der Waals surface area contributed by atoms with Crippen LogP contribution in [0.2, 0.25) is 36.3 Å². The van der Waals surface area contributed by atoms with E-state index in [0.717, 1.165) is 0 Å².